The van der Waals surface area contributed by atoms with Crippen molar-refractivity contribution in [2.24, 2.45) is 0 Å². The van der Waals surface area contributed by atoms with Gasteiger partial charge >= 0.3 is 0 Å². The van der Waals surface area contributed by atoms with Crippen LogP contribution in [0.2, 0.25) is 0 Å². The van der Waals surface area contributed by atoms with Crippen molar-refractivity contribution < 1.29 is 22.3 Å². The van der Waals surface area contributed by atoms with Crippen molar-refractivity contribution in [3.8, 4) is 23.0 Å². The molecular formula is C38H32F4N12O. The number of hydrogen-bond acceptors (Lipinski definition) is 11. The van der Waals surface area contributed by atoms with Crippen molar-refractivity contribution in [3.05, 3.63) is 126 Å². The van der Waals surface area contributed by atoms with E-state index in [-0.39, 0.29) is 46.7 Å². The monoisotopic (exact) mass is 748 g/mol. The van der Waals surface area contributed by atoms with Crippen LogP contribution in [0.3, 0.4) is 0 Å². The highest BCUT2D eigenvalue weighted by atomic mass is 19.1. The zero-order valence-corrected chi connectivity index (χ0v) is 29.5. The Morgan fingerprint density at radius 3 is 2.09 bits per heavy atom. The van der Waals surface area contributed by atoms with Gasteiger partial charge in [0.2, 0.25) is 11.9 Å². The van der Waals surface area contributed by atoms with Crippen molar-refractivity contribution in [1.82, 2.24) is 38.9 Å². The van der Waals surface area contributed by atoms with Gasteiger partial charge in [-0.2, -0.15) is 15.0 Å². The summed E-state index contributed by atoms with van der Waals surface area (Å²) in [6.45, 7) is 3.75. The van der Waals surface area contributed by atoms with E-state index in [4.69, 9.17) is 16.2 Å². The molecule has 0 fully saturated rings. The van der Waals surface area contributed by atoms with Crippen molar-refractivity contribution in [2.45, 2.75) is 20.3 Å². The van der Waals surface area contributed by atoms with E-state index in [1.807, 2.05) is 13.8 Å². The molecule has 0 radical (unpaired) electrons. The molecule has 0 atom stereocenters. The number of aryl methyl sites for hydroxylation is 2. The highest BCUT2D eigenvalue weighted by Gasteiger charge is 2.17. The normalized spacial score (nSPS) is 11.0. The summed E-state index contributed by atoms with van der Waals surface area (Å²) in [5.41, 5.74) is 16.5. The maximum Gasteiger partial charge on any atom is 0.231 e. The summed E-state index contributed by atoms with van der Waals surface area (Å²) >= 11 is 0. The average molecular weight is 749 g/mol. The lowest BCUT2D eigenvalue weighted by Gasteiger charge is -2.12. The predicted molar refractivity (Wildman–Crippen MR) is 202 cm³/mol. The van der Waals surface area contributed by atoms with Crippen molar-refractivity contribution in [3.63, 3.8) is 0 Å². The summed E-state index contributed by atoms with van der Waals surface area (Å²) in [6.07, 6.45) is 1.95. The fraction of sp³-hybridized carbons (Fsp3) is 0.105. The van der Waals surface area contributed by atoms with Gasteiger partial charge in [-0.25, -0.2) is 32.5 Å². The van der Waals surface area contributed by atoms with Crippen LogP contribution < -0.4 is 26.8 Å². The predicted octanol–water partition coefficient (Wildman–Crippen LogP) is 7.69. The highest BCUT2D eigenvalue weighted by molar-refractivity contribution is 5.78. The molecular weight excluding hydrogens is 716 g/mol. The fourth-order valence-electron chi connectivity index (χ4n) is 5.84. The molecule has 13 nitrogen and oxygen atoms in total. The third-order valence-electron chi connectivity index (χ3n) is 8.22. The minimum atomic E-state index is -0.522. The Labute approximate surface area is 310 Å². The number of methoxy groups -OCH3 is 1. The number of nitrogens with one attached hydrogen (secondary N) is 2. The van der Waals surface area contributed by atoms with Crippen LogP contribution >= 0.6 is 0 Å². The largest absolute Gasteiger partial charge is 0.494 e. The number of ether oxygens (including phenoxy) is 1. The summed E-state index contributed by atoms with van der Waals surface area (Å²) < 4.78 is 62.8. The first-order valence-corrected chi connectivity index (χ1v) is 16.7. The van der Waals surface area contributed by atoms with Crippen molar-refractivity contribution >= 4 is 51.6 Å². The molecule has 0 spiro atoms. The van der Waals surface area contributed by atoms with Crippen LogP contribution in [-0.2, 0) is 6.42 Å². The zero-order chi connectivity index (χ0) is 38.8. The number of nitrogens with two attached hydrogens (primary N) is 2. The molecule has 0 amide bonds. The number of rotatable bonds is 8. The molecule has 0 aliphatic rings. The van der Waals surface area contributed by atoms with Crippen LogP contribution in [0.5, 0.6) is 5.75 Å². The third-order valence-corrected chi connectivity index (χ3v) is 8.22. The number of hydrogen-bond donors (Lipinski definition) is 4. The van der Waals surface area contributed by atoms with Gasteiger partial charge in [-0.15, -0.1) is 0 Å². The molecule has 8 rings (SSSR count). The number of imidazole rings is 2. The molecule has 0 saturated carbocycles. The second-order valence-corrected chi connectivity index (χ2v) is 12.1. The summed E-state index contributed by atoms with van der Waals surface area (Å²) in [7, 11) is 1.39. The number of benzene rings is 3. The van der Waals surface area contributed by atoms with Crippen LogP contribution in [0.15, 0.2) is 91.1 Å². The van der Waals surface area contributed by atoms with Gasteiger partial charge in [0.05, 0.1) is 35.2 Å². The second kappa shape index (κ2) is 15.0. The lowest BCUT2D eigenvalue weighted by Crippen LogP contribution is -2.08. The Kier molecular flexibility index (Phi) is 9.82. The third kappa shape index (κ3) is 7.75. The van der Waals surface area contributed by atoms with Gasteiger partial charge in [-0.3, -0.25) is 8.97 Å². The smallest absolute Gasteiger partial charge is 0.231 e. The Morgan fingerprint density at radius 1 is 0.691 bits per heavy atom. The number of nitrogens with zero attached hydrogens (tertiary/aromatic N) is 8. The topological polar surface area (TPSA) is 172 Å². The molecule has 17 heteroatoms. The summed E-state index contributed by atoms with van der Waals surface area (Å²) in [4.78, 5) is 26.2. The first kappa shape index (κ1) is 36.1. The first-order valence-electron chi connectivity index (χ1n) is 16.7. The molecule has 6 N–H and O–H groups in total. The molecule has 0 aliphatic heterocycles. The van der Waals surface area contributed by atoms with Crippen molar-refractivity contribution in [2.75, 3.05) is 29.2 Å². The van der Waals surface area contributed by atoms with E-state index in [0.717, 1.165) is 0 Å². The maximum atomic E-state index is 14.0. The number of anilines is 6. The number of pyridine rings is 1. The molecule has 5 heterocycles. The van der Waals surface area contributed by atoms with E-state index in [0.29, 0.717) is 63.2 Å². The molecule has 0 bridgehead atoms. The SMILES string of the molecule is CCc1nc2ccc(F)cc2n1-c1cc(N)nc(Nc2ccc(OC)c(F)c2)n1.Cc1nc2ccc(F)cn2c1-c1cc(N)nc(Nc2ccc(F)cc2)n1. The molecule has 55 heavy (non-hydrogen) atoms. The van der Waals surface area contributed by atoms with Crippen LogP contribution in [0.4, 0.5) is 52.5 Å². The molecule has 3 aromatic carbocycles. The Bertz CT molecular complexity index is 2680. The van der Waals surface area contributed by atoms with E-state index < -0.39 is 5.82 Å². The Morgan fingerprint density at radius 2 is 1.36 bits per heavy atom. The standard InChI is InChI=1S/C20H18F2N6O.C18H14F2N6/c1-3-18-25-14-6-4-11(21)8-15(14)28(18)19-10-17(23)26-20(27-19)24-12-5-7-16(29-2)13(22)9-12;1-10-17(26-9-12(20)4-7-16(26)22-10)14-8-15(21)25-18(24-14)23-13-5-2-11(19)3-6-13/h4-10H,3H2,1-2H3,(H3,23,24,26,27);2-9H,1H3,(H3,21,23,24,25). The lowest BCUT2D eigenvalue weighted by atomic mass is 10.2. The van der Waals surface area contributed by atoms with E-state index in [1.165, 1.54) is 55.8 Å². The van der Waals surface area contributed by atoms with Gasteiger partial charge < -0.3 is 26.8 Å². The van der Waals surface area contributed by atoms with Gasteiger partial charge in [-0.1, -0.05) is 6.92 Å². The number of halogens is 4. The maximum absolute atomic E-state index is 14.0. The molecule has 0 saturated heterocycles. The lowest BCUT2D eigenvalue weighted by molar-refractivity contribution is 0.386. The van der Waals surface area contributed by atoms with Crippen molar-refractivity contribution in [1.29, 1.82) is 0 Å². The van der Waals surface area contributed by atoms with E-state index >= 15 is 0 Å². The summed E-state index contributed by atoms with van der Waals surface area (Å²) in [5.74, 6) is 0.491. The van der Waals surface area contributed by atoms with Crippen LogP contribution in [0.25, 0.3) is 33.9 Å². The van der Waals surface area contributed by atoms with Gasteiger partial charge in [0.15, 0.2) is 11.6 Å². The van der Waals surface area contributed by atoms with Crippen LogP contribution in [0.1, 0.15) is 18.4 Å². The van der Waals surface area contributed by atoms with Crippen LogP contribution in [-0.4, -0.2) is 46.0 Å². The van der Waals surface area contributed by atoms with Gasteiger partial charge in [-0.05, 0) is 67.6 Å². The summed E-state index contributed by atoms with van der Waals surface area (Å²) in [5, 5.41) is 5.91. The minimum Gasteiger partial charge on any atom is -0.494 e. The van der Waals surface area contributed by atoms with E-state index in [9.17, 15) is 17.6 Å². The highest BCUT2D eigenvalue weighted by Crippen LogP contribution is 2.28. The second-order valence-electron chi connectivity index (χ2n) is 12.1. The van der Waals surface area contributed by atoms with Gasteiger partial charge in [0.1, 0.15) is 46.4 Å². The van der Waals surface area contributed by atoms with Gasteiger partial charge in [0.25, 0.3) is 0 Å². The van der Waals surface area contributed by atoms with E-state index in [2.05, 4.69) is 40.5 Å². The molecule has 0 aliphatic carbocycles. The molecule has 5 aromatic heterocycles. The summed E-state index contributed by atoms with van der Waals surface area (Å²) in [6, 6.07) is 20.7. The van der Waals surface area contributed by atoms with E-state index in [1.54, 1.807) is 51.4 Å². The quantitative estimate of drug-likeness (QED) is 0.112. The first-order chi connectivity index (χ1) is 26.5. The number of nitrogen functional groups attached to an aromatic ring is 2. The minimum absolute atomic E-state index is 0.129. The van der Waals surface area contributed by atoms with Gasteiger partial charge in [0, 0.05) is 48.3 Å². The zero-order valence-electron chi connectivity index (χ0n) is 29.5. The Balaban J connectivity index is 0.000000170. The molecule has 278 valence electrons. The van der Waals surface area contributed by atoms with Crippen LogP contribution in [0, 0.1) is 30.2 Å². The Hall–Kier alpha value is -7.30. The average Bonchev–Trinajstić information content (AvgIpc) is 3.68. The molecule has 8 aromatic rings. The number of aromatic nitrogens is 8. The number of fused-ring (bicyclic) bond motifs is 2. The molecule has 0 unspecified atom stereocenters. The fourth-order valence-corrected chi connectivity index (χ4v) is 5.84.